The van der Waals surface area contributed by atoms with Crippen molar-refractivity contribution >= 4 is 5.91 Å². The van der Waals surface area contributed by atoms with Crippen LogP contribution in [0.25, 0.3) is 22.3 Å². The number of rotatable bonds is 3. The van der Waals surface area contributed by atoms with Crippen LogP contribution < -0.4 is 5.73 Å². The van der Waals surface area contributed by atoms with E-state index < -0.39 is 17.5 Å². The number of hydrogen-bond acceptors (Lipinski definition) is 2. The van der Waals surface area contributed by atoms with Crippen molar-refractivity contribution in [2.24, 2.45) is 5.73 Å². The van der Waals surface area contributed by atoms with Gasteiger partial charge in [0.05, 0.1) is 0 Å². The van der Waals surface area contributed by atoms with Crippen LogP contribution in [0.15, 0.2) is 54.6 Å². The minimum atomic E-state index is -0.748. The highest BCUT2D eigenvalue weighted by molar-refractivity contribution is 6.04. The fourth-order valence-corrected chi connectivity index (χ4v) is 2.86. The Morgan fingerprint density at radius 2 is 1.52 bits per heavy atom. The van der Waals surface area contributed by atoms with E-state index in [4.69, 9.17) is 5.73 Å². The van der Waals surface area contributed by atoms with Crippen LogP contribution >= 0.6 is 0 Å². The first kappa shape index (κ1) is 16.6. The van der Waals surface area contributed by atoms with Gasteiger partial charge in [-0.15, -0.1) is 0 Å². The molecule has 1 amide bonds. The van der Waals surface area contributed by atoms with Gasteiger partial charge in [0, 0.05) is 17.2 Å². The molecule has 0 atom stereocenters. The molecule has 0 spiro atoms. The molecule has 0 bridgehead atoms. The predicted molar refractivity (Wildman–Crippen MR) is 92.1 cm³/mol. The lowest BCUT2D eigenvalue weighted by Crippen LogP contribution is -2.13. The lowest BCUT2D eigenvalue weighted by Gasteiger charge is -2.16. The zero-order valence-corrected chi connectivity index (χ0v) is 13.4. The lowest BCUT2D eigenvalue weighted by molar-refractivity contribution is 0.100. The topological polar surface area (TPSA) is 63.3 Å². The summed E-state index contributed by atoms with van der Waals surface area (Å²) >= 11 is 0. The normalized spacial score (nSPS) is 10.7. The summed E-state index contributed by atoms with van der Waals surface area (Å²) in [5.74, 6) is -2.10. The highest BCUT2D eigenvalue weighted by atomic mass is 19.1. The number of benzene rings is 3. The number of phenols is 1. The third kappa shape index (κ3) is 3.35. The van der Waals surface area contributed by atoms with Crippen molar-refractivity contribution in [1.82, 2.24) is 0 Å². The van der Waals surface area contributed by atoms with Crippen molar-refractivity contribution in [3.8, 4) is 28.0 Å². The first-order valence-electron chi connectivity index (χ1n) is 7.55. The molecule has 0 radical (unpaired) electrons. The second-order valence-corrected chi connectivity index (χ2v) is 5.80. The standard InChI is InChI=1S/C20H15F2NO2/c1-11-6-17(12-2-4-16(24)5-3-12)19(18(7-11)20(23)25)13-8-14(21)10-15(22)9-13/h2-10,24H,1H3,(H2,23,25). The van der Waals surface area contributed by atoms with E-state index in [2.05, 4.69) is 0 Å². The van der Waals surface area contributed by atoms with Gasteiger partial charge in [-0.05, 0) is 59.5 Å². The highest BCUT2D eigenvalue weighted by Crippen LogP contribution is 2.37. The Balaban J connectivity index is 2.37. The van der Waals surface area contributed by atoms with Crippen LogP contribution in [0, 0.1) is 18.6 Å². The number of aromatic hydroxyl groups is 1. The monoisotopic (exact) mass is 339 g/mol. The molecule has 0 heterocycles. The molecule has 3 aromatic rings. The van der Waals surface area contributed by atoms with Crippen molar-refractivity contribution in [2.45, 2.75) is 6.92 Å². The largest absolute Gasteiger partial charge is 0.508 e. The Kier molecular flexibility index (Phi) is 4.23. The number of primary amides is 1. The summed E-state index contributed by atoms with van der Waals surface area (Å²) in [5.41, 5.74) is 8.30. The average Bonchev–Trinajstić information content (AvgIpc) is 2.53. The fourth-order valence-electron chi connectivity index (χ4n) is 2.86. The number of aryl methyl sites for hydroxylation is 1. The summed E-state index contributed by atoms with van der Waals surface area (Å²) in [7, 11) is 0. The van der Waals surface area contributed by atoms with E-state index >= 15 is 0 Å². The van der Waals surface area contributed by atoms with Gasteiger partial charge in [0.25, 0.3) is 0 Å². The molecule has 0 saturated heterocycles. The molecule has 0 aliphatic heterocycles. The number of phenolic OH excluding ortho intramolecular Hbond substituents is 1. The van der Waals surface area contributed by atoms with E-state index in [-0.39, 0.29) is 16.9 Å². The molecule has 0 saturated carbocycles. The van der Waals surface area contributed by atoms with Gasteiger partial charge in [0.2, 0.25) is 5.91 Å². The zero-order valence-electron chi connectivity index (χ0n) is 13.4. The summed E-state index contributed by atoms with van der Waals surface area (Å²) < 4.78 is 27.4. The van der Waals surface area contributed by atoms with E-state index in [9.17, 15) is 18.7 Å². The zero-order chi connectivity index (χ0) is 18.1. The van der Waals surface area contributed by atoms with Crippen molar-refractivity contribution in [3.05, 3.63) is 77.4 Å². The summed E-state index contributed by atoms with van der Waals surface area (Å²) in [5, 5.41) is 9.49. The van der Waals surface area contributed by atoms with Crippen LogP contribution in [0.4, 0.5) is 8.78 Å². The number of hydrogen-bond donors (Lipinski definition) is 2. The molecular weight excluding hydrogens is 324 g/mol. The van der Waals surface area contributed by atoms with Gasteiger partial charge < -0.3 is 10.8 Å². The van der Waals surface area contributed by atoms with Gasteiger partial charge >= 0.3 is 0 Å². The van der Waals surface area contributed by atoms with Crippen LogP contribution in [0.2, 0.25) is 0 Å². The van der Waals surface area contributed by atoms with E-state index in [0.717, 1.165) is 23.8 Å². The molecular formula is C20H15F2NO2. The van der Waals surface area contributed by atoms with Crippen LogP contribution in [-0.4, -0.2) is 11.0 Å². The van der Waals surface area contributed by atoms with E-state index in [1.54, 1.807) is 31.2 Å². The number of carbonyl (C=O) groups is 1. The van der Waals surface area contributed by atoms with Gasteiger partial charge in [-0.25, -0.2) is 8.78 Å². The third-order valence-corrected chi connectivity index (χ3v) is 3.88. The number of amides is 1. The van der Waals surface area contributed by atoms with E-state index in [1.807, 2.05) is 0 Å². The average molecular weight is 339 g/mol. The minimum Gasteiger partial charge on any atom is -0.508 e. The Labute approximate surface area is 143 Å². The number of carbonyl (C=O) groups excluding carboxylic acids is 1. The molecule has 25 heavy (non-hydrogen) atoms. The molecule has 126 valence electrons. The van der Waals surface area contributed by atoms with E-state index in [0.29, 0.717) is 16.7 Å². The van der Waals surface area contributed by atoms with Crippen molar-refractivity contribution in [1.29, 1.82) is 0 Å². The SMILES string of the molecule is Cc1cc(C(N)=O)c(-c2cc(F)cc(F)c2)c(-c2ccc(O)cc2)c1. The first-order chi connectivity index (χ1) is 11.8. The highest BCUT2D eigenvalue weighted by Gasteiger charge is 2.18. The maximum absolute atomic E-state index is 13.7. The predicted octanol–water partition coefficient (Wildman–Crippen LogP) is 4.41. The molecule has 3 rings (SSSR count). The van der Waals surface area contributed by atoms with Crippen LogP contribution in [-0.2, 0) is 0 Å². The summed E-state index contributed by atoms with van der Waals surface area (Å²) in [6, 6.07) is 12.8. The van der Waals surface area contributed by atoms with Crippen LogP contribution in [0.1, 0.15) is 15.9 Å². The summed E-state index contributed by atoms with van der Waals surface area (Å²) in [4.78, 5) is 11.9. The molecule has 3 N–H and O–H groups in total. The van der Waals surface area contributed by atoms with Crippen LogP contribution in [0.5, 0.6) is 5.75 Å². The van der Waals surface area contributed by atoms with Gasteiger partial charge in [0.15, 0.2) is 0 Å². The van der Waals surface area contributed by atoms with Crippen molar-refractivity contribution in [3.63, 3.8) is 0 Å². The molecule has 3 nitrogen and oxygen atoms in total. The molecule has 0 fully saturated rings. The second kappa shape index (κ2) is 6.36. The summed E-state index contributed by atoms with van der Waals surface area (Å²) in [6.07, 6.45) is 0. The second-order valence-electron chi connectivity index (χ2n) is 5.80. The smallest absolute Gasteiger partial charge is 0.249 e. The maximum atomic E-state index is 13.7. The van der Waals surface area contributed by atoms with Crippen molar-refractivity contribution in [2.75, 3.05) is 0 Å². The fraction of sp³-hybridized carbons (Fsp3) is 0.0500. The quantitative estimate of drug-likeness (QED) is 0.742. The first-order valence-corrected chi connectivity index (χ1v) is 7.55. The third-order valence-electron chi connectivity index (χ3n) is 3.88. The van der Waals surface area contributed by atoms with E-state index in [1.165, 1.54) is 12.1 Å². The lowest BCUT2D eigenvalue weighted by atomic mass is 9.88. The molecule has 0 aliphatic rings. The Bertz CT molecular complexity index is 946. The maximum Gasteiger partial charge on any atom is 0.249 e. The molecule has 0 unspecified atom stereocenters. The summed E-state index contributed by atoms with van der Waals surface area (Å²) in [6.45, 7) is 1.80. The molecule has 3 aromatic carbocycles. The Hall–Kier alpha value is -3.21. The Morgan fingerprint density at radius 1 is 0.920 bits per heavy atom. The van der Waals surface area contributed by atoms with Crippen LogP contribution in [0.3, 0.4) is 0 Å². The van der Waals surface area contributed by atoms with Gasteiger partial charge in [0.1, 0.15) is 17.4 Å². The van der Waals surface area contributed by atoms with Gasteiger partial charge in [-0.2, -0.15) is 0 Å². The number of halogens is 2. The minimum absolute atomic E-state index is 0.0878. The molecule has 0 aromatic heterocycles. The van der Waals surface area contributed by atoms with Gasteiger partial charge in [-0.1, -0.05) is 18.2 Å². The Morgan fingerprint density at radius 3 is 2.08 bits per heavy atom. The molecule has 5 heteroatoms. The molecule has 0 aliphatic carbocycles. The van der Waals surface area contributed by atoms with Gasteiger partial charge in [-0.3, -0.25) is 4.79 Å². The van der Waals surface area contributed by atoms with Crippen molar-refractivity contribution < 1.29 is 18.7 Å². The number of nitrogens with two attached hydrogens (primary N) is 1.